The molecule has 134 valence electrons. The number of unbranched alkanes of at least 4 members (excludes halogenated alkanes) is 1. The summed E-state index contributed by atoms with van der Waals surface area (Å²) >= 11 is 2.77. The molecule has 0 spiro atoms. The zero-order valence-electron chi connectivity index (χ0n) is 13.9. The Kier molecular flexibility index (Phi) is 7.40. The fourth-order valence-corrected chi connectivity index (χ4v) is 4.27. The number of thioether (sulfide) groups is 2. The van der Waals surface area contributed by atoms with Crippen molar-refractivity contribution in [1.29, 1.82) is 0 Å². The van der Waals surface area contributed by atoms with Crippen LogP contribution in [0.4, 0.5) is 4.79 Å². The Morgan fingerprint density at radius 3 is 2.96 bits per heavy atom. The van der Waals surface area contributed by atoms with E-state index in [4.69, 9.17) is 0 Å². The quantitative estimate of drug-likeness (QED) is 0.387. The number of pyridine rings is 1. The van der Waals surface area contributed by atoms with Gasteiger partial charge in [-0.3, -0.25) is 18.9 Å². The molecule has 8 heteroatoms. The minimum Gasteiger partial charge on any atom is -0.294 e. The molecule has 3 heterocycles. The van der Waals surface area contributed by atoms with Crippen LogP contribution in [0.2, 0.25) is 0 Å². The minimum atomic E-state index is -0.149. The Morgan fingerprint density at radius 2 is 2.16 bits per heavy atom. The molecule has 0 saturated carbocycles. The minimum absolute atomic E-state index is 0. The number of aromatic nitrogens is 2. The van der Waals surface area contributed by atoms with Gasteiger partial charge in [0.2, 0.25) is 0 Å². The fourth-order valence-electron chi connectivity index (χ4n) is 2.44. The van der Waals surface area contributed by atoms with Crippen LogP contribution in [0, 0.1) is 0 Å². The molecule has 1 aliphatic rings. The Labute approximate surface area is 161 Å². The van der Waals surface area contributed by atoms with Crippen molar-refractivity contribution in [3.05, 3.63) is 41.6 Å². The summed E-state index contributed by atoms with van der Waals surface area (Å²) < 4.78 is 2.04. The first-order valence-corrected chi connectivity index (χ1v) is 9.79. The van der Waals surface area contributed by atoms with Crippen molar-refractivity contribution >= 4 is 52.7 Å². The molecular formula is C17H20ClN3O2S2. The average Bonchev–Trinajstić information content (AvgIpc) is 3.16. The monoisotopic (exact) mass is 397 g/mol. The number of imidazole rings is 1. The lowest BCUT2D eigenvalue weighted by molar-refractivity contribution is -0.122. The number of hydrogen-bond acceptors (Lipinski definition) is 5. The first-order valence-electron chi connectivity index (χ1n) is 7.99. The van der Waals surface area contributed by atoms with Crippen molar-refractivity contribution < 1.29 is 9.59 Å². The molecule has 3 rings (SSSR count). The Balaban J connectivity index is 0.00000225. The van der Waals surface area contributed by atoms with E-state index in [2.05, 4.69) is 11.9 Å². The Morgan fingerprint density at radius 1 is 1.32 bits per heavy atom. The lowest BCUT2D eigenvalue weighted by Crippen LogP contribution is -2.29. The second-order valence-electron chi connectivity index (χ2n) is 5.40. The van der Waals surface area contributed by atoms with E-state index >= 15 is 0 Å². The topological polar surface area (TPSA) is 54.7 Å². The number of imide groups is 1. The first-order chi connectivity index (χ1) is 11.7. The van der Waals surface area contributed by atoms with Crippen LogP contribution < -0.4 is 0 Å². The number of hydrogen-bond donors (Lipinski definition) is 0. The van der Waals surface area contributed by atoms with Crippen LogP contribution in [0.1, 0.15) is 26.2 Å². The second kappa shape index (κ2) is 9.31. The molecule has 2 amide bonds. The van der Waals surface area contributed by atoms with Crippen LogP contribution >= 0.6 is 35.9 Å². The number of nitrogens with zero attached hydrogens (tertiary/aromatic N) is 3. The van der Waals surface area contributed by atoms with Crippen LogP contribution in [-0.2, 0) is 4.79 Å². The van der Waals surface area contributed by atoms with Crippen molar-refractivity contribution in [2.45, 2.75) is 31.2 Å². The van der Waals surface area contributed by atoms with Gasteiger partial charge < -0.3 is 0 Å². The van der Waals surface area contributed by atoms with Gasteiger partial charge in [0.05, 0.1) is 9.93 Å². The molecule has 0 radical (unpaired) electrons. The molecule has 2 aromatic rings. The molecule has 0 bridgehead atoms. The molecule has 0 aliphatic carbocycles. The highest BCUT2D eigenvalue weighted by atomic mass is 35.5. The summed E-state index contributed by atoms with van der Waals surface area (Å²) in [5.41, 5.74) is 0.923. The summed E-state index contributed by atoms with van der Waals surface area (Å²) in [6, 6.07) is 6.00. The van der Waals surface area contributed by atoms with Crippen molar-refractivity contribution in [2.24, 2.45) is 0 Å². The molecule has 0 unspecified atom stereocenters. The maximum Gasteiger partial charge on any atom is 0.293 e. The third kappa shape index (κ3) is 4.59. The van der Waals surface area contributed by atoms with Gasteiger partial charge in [-0.05, 0) is 36.7 Å². The number of carbonyl (C=O) groups excluding carboxylic acids is 2. The van der Waals surface area contributed by atoms with Gasteiger partial charge in [-0.15, -0.1) is 24.2 Å². The van der Waals surface area contributed by atoms with Crippen molar-refractivity contribution in [3.63, 3.8) is 0 Å². The number of amides is 2. The molecule has 1 aliphatic heterocycles. The van der Waals surface area contributed by atoms with E-state index in [0.29, 0.717) is 11.4 Å². The lowest BCUT2D eigenvalue weighted by Gasteiger charge is -2.12. The molecule has 0 aromatic carbocycles. The number of fused-ring (bicyclic) bond motifs is 1. The molecule has 5 nitrogen and oxygen atoms in total. The molecule has 2 aromatic heterocycles. The molecule has 25 heavy (non-hydrogen) atoms. The number of carbonyl (C=O) groups is 2. The largest absolute Gasteiger partial charge is 0.294 e. The van der Waals surface area contributed by atoms with E-state index in [1.807, 2.05) is 34.9 Å². The predicted octanol–water partition coefficient (Wildman–Crippen LogP) is 4.62. The average molecular weight is 398 g/mol. The van der Waals surface area contributed by atoms with Gasteiger partial charge in [-0.25, -0.2) is 4.98 Å². The van der Waals surface area contributed by atoms with Crippen LogP contribution in [0.25, 0.3) is 5.65 Å². The lowest BCUT2D eigenvalue weighted by atomic mass is 10.3. The maximum atomic E-state index is 12.2. The third-order valence-electron chi connectivity index (χ3n) is 3.66. The van der Waals surface area contributed by atoms with Crippen molar-refractivity contribution in [3.8, 4) is 0 Å². The van der Waals surface area contributed by atoms with E-state index in [1.165, 1.54) is 4.90 Å². The van der Waals surface area contributed by atoms with Crippen LogP contribution in [0.15, 0.2) is 46.6 Å². The third-order valence-corrected chi connectivity index (χ3v) is 5.74. The highest BCUT2D eigenvalue weighted by molar-refractivity contribution is 8.18. The first kappa shape index (κ1) is 19.9. The number of halogens is 1. The van der Waals surface area contributed by atoms with Gasteiger partial charge in [-0.1, -0.05) is 25.5 Å². The summed E-state index contributed by atoms with van der Waals surface area (Å²) in [6.07, 6.45) is 8.17. The molecule has 0 atom stereocenters. The summed E-state index contributed by atoms with van der Waals surface area (Å²) in [6.45, 7) is 2.53. The van der Waals surface area contributed by atoms with E-state index in [1.54, 1.807) is 18.0 Å². The Bertz CT molecular complexity index is 791. The number of rotatable bonds is 7. The van der Waals surface area contributed by atoms with Gasteiger partial charge in [0.25, 0.3) is 11.1 Å². The summed E-state index contributed by atoms with van der Waals surface area (Å²) in [5, 5.41) is 0.964. The number of allylic oxidation sites excluding steroid dienone is 1. The van der Waals surface area contributed by atoms with Crippen LogP contribution in [-0.4, -0.2) is 37.7 Å². The van der Waals surface area contributed by atoms with Gasteiger partial charge in [0.1, 0.15) is 5.65 Å². The summed E-state index contributed by atoms with van der Waals surface area (Å²) in [7, 11) is 0. The van der Waals surface area contributed by atoms with E-state index in [-0.39, 0.29) is 23.6 Å². The normalized spacial score (nSPS) is 16.0. The van der Waals surface area contributed by atoms with Gasteiger partial charge >= 0.3 is 0 Å². The predicted molar refractivity (Wildman–Crippen MR) is 105 cm³/mol. The smallest absolute Gasteiger partial charge is 0.293 e. The highest BCUT2D eigenvalue weighted by Gasteiger charge is 2.34. The summed E-state index contributed by atoms with van der Waals surface area (Å²) in [5.74, 6) is 0.702. The van der Waals surface area contributed by atoms with Crippen molar-refractivity contribution in [2.75, 3.05) is 12.3 Å². The van der Waals surface area contributed by atoms with Gasteiger partial charge in [0.15, 0.2) is 0 Å². The van der Waals surface area contributed by atoms with E-state index in [9.17, 15) is 9.59 Å². The molecule has 0 N–H and O–H groups in total. The van der Waals surface area contributed by atoms with E-state index in [0.717, 1.165) is 47.5 Å². The fraction of sp³-hybridized carbons (Fsp3) is 0.353. The summed E-state index contributed by atoms with van der Waals surface area (Å²) in [4.78, 5) is 30.4. The molecule has 1 fully saturated rings. The standard InChI is InChI=1S/C17H19N3O2S2.ClH/c1-2-3-6-13-16(21)20(17(22)24-13)10-5-12-23-15-8-4-7-14-18-9-11-19(14)15;/h4,6-9,11H,2-3,5,10,12H2,1H3;1H. The zero-order chi connectivity index (χ0) is 16.9. The van der Waals surface area contributed by atoms with Gasteiger partial charge in [0, 0.05) is 24.7 Å². The molecular weight excluding hydrogens is 378 g/mol. The Hall–Kier alpha value is -1.44. The van der Waals surface area contributed by atoms with Crippen molar-refractivity contribution in [1.82, 2.24) is 14.3 Å². The highest BCUT2D eigenvalue weighted by Crippen LogP contribution is 2.31. The maximum absolute atomic E-state index is 12.2. The van der Waals surface area contributed by atoms with Gasteiger partial charge in [-0.2, -0.15) is 0 Å². The molecule has 1 saturated heterocycles. The van der Waals surface area contributed by atoms with Crippen LogP contribution in [0.5, 0.6) is 0 Å². The zero-order valence-corrected chi connectivity index (χ0v) is 16.3. The van der Waals surface area contributed by atoms with E-state index < -0.39 is 0 Å². The van der Waals surface area contributed by atoms with Crippen LogP contribution in [0.3, 0.4) is 0 Å². The second-order valence-corrected chi connectivity index (χ2v) is 7.51. The SMILES string of the molecule is CCCC=C1SC(=O)N(CCCSc2cccc3nccn23)C1=O.Cl.